The minimum Gasteiger partial charge on any atom is -0.507 e. The maximum atomic E-state index is 16.3. The molecule has 1 saturated heterocycles. The Balaban J connectivity index is 1.71. The largest absolute Gasteiger partial charge is 0.507 e. The summed E-state index contributed by atoms with van der Waals surface area (Å²) in [5.41, 5.74) is -0.539. The molecule has 0 bridgehead atoms. The SMILES string of the molecule is C=CC(=O)N1CCN2c3nc(=O)n(-c4c(C)ncnc4CC)c4nc(-c5c(O)cccc5F)c(F)c(c34)OC[C@H]2C1. The molecule has 0 aliphatic carbocycles. The monoisotopic (exact) mass is 561 g/mol. The van der Waals surface area contributed by atoms with Crippen LogP contribution in [-0.4, -0.2) is 72.7 Å². The lowest BCUT2D eigenvalue weighted by molar-refractivity contribution is -0.126. The fraction of sp³-hybridized carbons (Fsp3) is 0.286. The number of aryl methyl sites for hydroxylation is 2. The number of ether oxygens (including phenoxy) is 1. The summed E-state index contributed by atoms with van der Waals surface area (Å²) in [5, 5.41) is 10.6. The second-order valence-corrected chi connectivity index (χ2v) is 9.74. The molecule has 1 amide bonds. The fourth-order valence-electron chi connectivity index (χ4n) is 5.49. The van der Waals surface area contributed by atoms with E-state index in [1.165, 1.54) is 29.1 Å². The molecule has 41 heavy (non-hydrogen) atoms. The van der Waals surface area contributed by atoms with Gasteiger partial charge in [0.05, 0.1) is 28.7 Å². The third kappa shape index (κ3) is 4.07. The van der Waals surface area contributed by atoms with E-state index in [2.05, 4.69) is 26.5 Å². The predicted octanol–water partition coefficient (Wildman–Crippen LogP) is 2.69. The Morgan fingerprint density at radius 1 is 1.24 bits per heavy atom. The minimum absolute atomic E-state index is 0.0631. The van der Waals surface area contributed by atoms with Crippen LogP contribution in [0.2, 0.25) is 0 Å². The van der Waals surface area contributed by atoms with Gasteiger partial charge in [0.1, 0.15) is 41.4 Å². The number of phenolic OH excluding ortho intramolecular Hbond substituents is 1. The number of pyridine rings is 1. The standard InChI is InChI=1S/C28H25F2N7O4/c1-4-17-24(14(3)31-13-32-17)37-27-21-25(22(30)23(33-27)20-16(29)7-6-8-18(20)38)41-12-15-11-35(19(39)5-2)9-10-36(15)26(21)34-28(37)40/h5-8,13,15,38H,2,4,9-12H2,1,3H3/t15-/m1/s1. The average molecular weight is 562 g/mol. The molecule has 6 rings (SSSR count). The van der Waals surface area contributed by atoms with Gasteiger partial charge in [0.25, 0.3) is 0 Å². The molecule has 4 aromatic rings. The predicted molar refractivity (Wildman–Crippen MR) is 145 cm³/mol. The van der Waals surface area contributed by atoms with E-state index < -0.39 is 40.4 Å². The van der Waals surface area contributed by atoms with Crippen molar-refractivity contribution in [2.45, 2.75) is 26.3 Å². The van der Waals surface area contributed by atoms with Gasteiger partial charge in [-0.25, -0.2) is 33.1 Å². The van der Waals surface area contributed by atoms with Gasteiger partial charge in [0.2, 0.25) is 5.91 Å². The molecular weight excluding hydrogens is 536 g/mol. The summed E-state index contributed by atoms with van der Waals surface area (Å²) in [6.07, 6.45) is 3.02. The first kappa shape index (κ1) is 26.3. The fourth-order valence-corrected chi connectivity index (χ4v) is 5.49. The van der Waals surface area contributed by atoms with E-state index in [0.29, 0.717) is 30.0 Å². The molecule has 2 aliphatic heterocycles. The van der Waals surface area contributed by atoms with E-state index in [-0.39, 0.29) is 48.2 Å². The molecular formula is C28H25F2N7O4. The topological polar surface area (TPSA) is 127 Å². The van der Waals surface area contributed by atoms with E-state index in [1.807, 2.05) is 6.92 Å². The molecule has 1 N–H and O–H groups in total. The van der Waals surface area contributed by atoms with Gasteiger partial charge in [-0.05, 0) is 31.6 Å². The second kappa shape index (κ2) is 9.91. The van der Waals surface area contributed by atoms with Gasteiger partial charge >= 0.3 is 5.69 Å². The first-order chi connectivity index (χ1) is 19.7. The number of aromatic nitrogens is 5. The van der Waals surface area contributed by atoms with Gasteiger partial charge in [0, 0.05) is 19.6 Å². The highest BCUT2D eigenvalue weighted by molar-refractivity contribution is 5.97. The van der Waals surface area contributed by atoms with Crippen molar-refractivity contribution in [2.24, 2.45) is 0 Å². The molecule has 0 unspecified atom stereocenters. The number of nitrogens with zero attached hydrogens (tertiary/aromatic N) is 7. The molecule has 2 aliphatic rings. The van der Waals surface area contributed by atoms with Crippen molar-refractivity contribution in [1.82, 2.24) is 29.4 Å². The average Bonchev–Trinajstić information content (AvgIpc) is 3.12. The third-order valence-corrected chi connectivity index (χ3v) is 7.43. The lowest BCUT2D eigenvalue weighted by Gasteiger charge is -2.40. The van der Waals surface area contributed by atoms with Gasteiger partial charge in [-0.15, -0.1) is 0 Å². The second-order valence-electron chi connectivity index (χ2n) is 9.74. The van der Waals surface area contributed by atoms with E-state index in [0.717, 1.165) is 6.07 Å². The van der Waals surface area contributed by atoms with E-state index in [1.54, 1.807) is 16.7 Å². The number of phenols is 1. The van der Waals surface area contributed by atoms with Crippen molar-refractivity contribution in [3.63, 3.8) is 0 Å². The lowest BCUT2D eigenvalue weighted by atomic mass is 10.1. The molecule has 0 radical (unpaired) electrons. The van der Waals surface area contributed by atoms with Gasteiger partial charge in [-0.3, -0.25) is 4.79 Å². The summed E-state index contributed by atoms with van der Waals surface area (Å²) in [4.78, 5) is 47.0. The van der Waals surface area contributed by atoms with Crippen LogP contribution in [0.5, 0.6) is 11.5 Å². The van der Waals surface area contributed by atoms with Gasteiger partial charge in [-0.2, -0.15) is 4.98 Å². The maximum Gasteiger partial charge on any atom is 0.355 e. The van der Waals surface area contributed by atoms with Gasteiger partial charge < -0.3 is 19.6 Å². The number of rotatable bonds is 4. The van der Waals surface area contributed by atoms with Crippen molar-refractivity contribution in [1.29, 1.82) is 0 Å². The van der Waals surface area contributed by atoms with E-state index >= 15 is 8.78 Å². The number of anilines is 1. The van der Waals surface area contributed by atoms with Crippen molar-refractivity contribution in [3.8, 4) is 28.4 Å². The number of fused-ring (bicyclic) bond motifs is 2. The van der Waals surface area contributed by atoms with Crippen LogP contribution in [0.25, 0.3) is 28.0 Å². The Morgan fingerprint density at radius 3 is 2.78 bits per heavy atom. The van der Waals surface area contributed by atoms with Gasteiger partial charge in [0.15, 0.2) is 17.2 Å². The maximum absolute atomic E-state index is 16.3. The number of carbonyl (C=O) groups excluding carboxylic acids is 1. The van der Waals surface area contributed by atoms with Crippen LogP contribution in [-0.2, 0) is 11.2 Å². The van der Waals surface area contributed by atoms with Crippen LogP contribution in [0.1, 0.15) is 18.3 Å². The number of hydrogen-bond acceptors (Lipinski definition) is 9. The first-order valence-corrected chi connectivity index (χ1v) is 13.0. The number of carbonyl (C=O) groups is 1. The van der Waals surface area contributed by atoms with E-state index in [4.69, 9.17) is 4.74 Å². The number of halogens is 2. The number of aromatic hydroxyl groups is 1. The van der Waals surface area contributed by atoms with Crippen molar-refractivity contribution in [3.05, 3.63) is 70.7 Å². The van der Waals surface area contributed by atoms with Gasteiger partial charge in [-0.1, -0.05) is 19.6 Å². The van der Waals surface area contributed by atoms with Crippen LogP contribution in [0, 0.1) is 18.6 Å². The normalized spacial score (nSPS) is 16.2. The number of amides is 1. The van der Waals surface area contributed by atoms with Crippen LogP contribution in [0.3, 0.4) is 0 Å². The summed E-state index contributed by atoms with van der Waals surface area (Å²) in [6, 6.07) is 3.08. The Morgan fingerprint density at radius 2 is 2.05 bits per heavy atom. The third-order valence-electron chi connectivity index (χ3n) is 7.43. The highest BCUT2D eigenvalue weighted by atomic mass is 19.1. The summed E-state index contributed by atoms with van der Waals surface area (Å²) in [6.45, 7) is 7.83. The van der Waals surface area contributed by atoms with Crippen LogP contribution >= 0.6 is 0 Å². The molecule has 5 heterocycles. The molecule has 1 atom stereocenters. The molecule has 3 aromatic heterocycles. The Bertz CT molecular complexity index is 1790. The molecule has 1 fully saturated rings. The number of benzene rings is 1. The van der Waals surface area contributed by atoms with Crippen LogP contribution in [0.4, 0.5) is 14.6 Å². The first-order valence-electron chi connectivity index (χ1n) is 13.0. The van der Waals surface area contributed by atoms with Crippen molar-refractivity contribution < 1.29 is 23.4 Å². The quantitative estimate of drug-likeness (QED) is 0.374. The highest BCUT2D eigenvalue weighted by Crippen LogP contribution is 2.43. The highest BCUT2D eigenvalue weighted by Gasteiger charge is 2.38. The van der Waals surface area contributed by atoms with Crippen molar-refractivity contribution in [2.75, 3.05) is 31.1 Å². The van der Waals surface area contributed by atoms with E-state index in [9.17, 15) is 14.7 Å². The number of piperazine rings is 1. The number of hydrogen-bond donors (Lipinski definition) is 1. The lowest BCUT2D eigenvalue weighted by Crippen LogP contribution is -2.56. The van der Waals surface area contributed by atoms with Crippen LogP contribution < -0.4 is 15.3 Å². The van der Waals surface area contributed by atoms with Crippen LogP contribution in [0.15, 0.2) is 42.0 Å². The zero-order valence-corrected chi connectivity index (χ0v) is 22.3. The summed E-state index contributed by atoms with van der Waals surface area (Å²) in [7, 11) is 0. The zero-order valence-electron chi connectivity index (χ0n) is 22.3. The molecule has 210 valence electrons. The Labute approximate surface area is 232 Å². The smallest absolute Gasteiger partial charge is 0.355 e. The molecule has 1 aromatic carbocycles. The zero-order chi connectivity index (χ0) is 29.0. The summed E-state index contributed by atoms with van der Waals surface area (Å²) in [5.74, 6) is -2.91. The molecule has 0 saturated carbocycles. The minimum atomic E-state index is -1.03. The summed E-state index contributed by atoms with van der Waals surface area (Å²) < 4.78 is 38.6. The Hall–Kier alpha value is -4.94. The van der Waals surface area contributed by atoms with Crippen molar-refractivity contribution >= 4 is 22.8 Å². The Kier molecular flexibility index (Phi) is 6.36. The molecule has 13 heteroatoms. The summed E-state index contributed by atoms with van der Waals surface area (Å²) >= 11 is 0. The molecule has 11 nitrogen and oxygen atoms in total. The molecule has 0 spiro atoms.